The lowest BCUT2D eigenvalue weighted by Crippen LogP contribution is -2.52. The summed E-state index contributed by atoms with van der Waals surface area (Å²) in [5, 5.41) is 10.7. The summed E-state index contributed by atoms with van der Waals surface area (Å²) in [4.78, 5) is 12.5. The summed E-state index contributed by atoms with van der Waals surface area (Å²) in [6.07, 6.45) is 2.71. The Morgan fingerprint density at radius 1 is 0.920 bits per heavy atom. The van der Waals surface area contributed by atoms with Crippen LogP contribution in [0.3, 0.4) is 0 Å². The van der Waals surface area contributed by atoms with Gasteiger partial charge in [0, 0.05) is 57.9 Å². The van der Waals surface area contributed by atoms with Gasteiger partial charge in [0.2, 0.25) is 0 Å². The van der Waals surface area contributed by atoms with Gasteiger partial charge in [0.25, 0.3) is 15.9 Å². The predicted octanol–water partition coefficient (Wildman–Crippen LogP) is 1.10. The molecule has 2 fully saturated rings. The van der Waals surface area contributed by atoms with E-state index in [2.05, 4.69) is 4.90 Å². The van der Waals surface area contributed by atoms with E-state index < -0.39 is 15.1 Å². The number of non-ortho nitro benzene ring substituents is 1. The lowest BCUT2D eigenvalue weighted by atomic mass is 10.1. The summed E-state index contributed by atoms with van der Waals surface area (Å²) in [6.45, 7) is 4.61. The van der Waals surface area contributed by atoms with Crippen molar-refractivity contribution in [3.05, 3.63) is 39.9 Å². The number of hydrogen-bond donors (Lipinski definition) is 0. The zero-order valence-corrected chi connectivity index (χ0v) is 15.0. The van der Waals surface area contributed by atoms with E-state index in [4.69, 9.17) is 0 Å². The van der Waals surface area contributed by atoms with Gasteiger partial charge in [-0.15, -0.1) is 0 Å². The van der Waals surface area contributed by atoms with Crippen LogP contribution >= 0.6 is 0 Å². The molecule has 2 saturated heterocycles. The molecule has 3 rings (SSSR count). The highest BCUT2D eigenvalue weighted by Gasteiger charge is 2.33. The average Bonchev–Trinajstić information content (AvgIpc) is 3.16. The minimum absolute atomic E-state index is 0.101. The zero-order valence-electron chi connectivity index (χ0n) is 14.2. The Hall–Kier alpha value is -1.55. The third kappa shape index (κ3) is 4.35. The van der Waals surface area contributed by atoms with Gasteiger partial charge in [-0.25, -0.2) is 0 Å². The first-order valence-electron chi connectivity index (χ1n) is 8.68. The fraction of sp³-hybridized carbons (Fsp3) is 0.625. The molecule has 138 valence electrons. The van der Waals surface area contributed by atoms with Crippen LogP contribution in [0, 0.1) is 10.1 Å². The lowest BCUT2D eigenvalue weighted by Gasteiger charge is -2.35. The molecule has 1 aromatic rings. The Kier molecular flexibility index (Phi) is 5.67. The Morgan fingerprint density at radius 2 is 1.48 bits per heavy atom. The molecular formula is C16H24N4O4S. The lowest BCUT2D eigenvalue weighted by molar-refractivity contribution is -0.384. The summed E-state index contributed by atoms with van der Waals surface area (Å²) >= 11 is 0. The first kappa shape index (κ1) is 18.2. The molecule has 0 aromatic heterocycles. The fourth-order valence-electron chi connectivity index (χ4n) is 3.34. The van der Waals surface area contributed by atoms with Crippen LogP contribution in [0.15, 0.2) is 24.3 Å². The highest BCUT2D eigenvalue weighted by atomic mass is 32.2. The molecule has 0 radical (unpaired) electrons. The number of hydrogen-bond acceptors (Lipinski definition) is 5. The van der Waals surface area contributed by atoms with Crippen molar-refractivity contribution < 1.29 is 13.3 Å². The van der Waals surface area contributed by atoms with Crippen LogP contribution in [0.1, 0.15) is 18.4 Å². The molecule has 8 nitrogen and oxygen atoms in total. The topological polar surface area (TPSA) is 87.0 Å². The number of nitrogens with zero attached hydrogens (tertiary/aromatic N) is 4. The fourth-order valence-corrected chi connectivity index (χ4v) is 5.01. The second kappa shape index (κ2) is 7.77. The van der Waals surface area contributed by atoms with Gasteiger partial charge >= 0.3 is 0 Å². The summed E-state index contributed by atoms with van der Waals surface area (Å²) in [5.41, 5.74) is 1.15. The molecule has 0 atom stereocenters. The minimum atomic E-state index is -3.29. The van der Waals surface area contributed by atoms with Crippen molar-refractivity contribution in [1.29, 1.82) is 0 Å². The van der Waals surface area contributed by atoms with Gasteiger partial charge in [-0.05, 0) is 24.8 Å². The summed E-state index contributed by atoms with van der Waals surface area (Å²) in [6, 6.07) is 6.62. The molecule has 0 amide bonds. The van der Waals surface area contributed by atoms with Crippen LogP contribution in [0.4, 0.5) is 5.69 Å². The van der Waals surface area contributed by atoms with Crippen molar-refractivity contribution in [2.75, 3.05) is 45.8 Å². The van der Waals surface area contributed by atoms with Gasteiger partial charge in [0.1, 0.15) is 0 Å². The number of piperazine rings is 1. The van der Waals surface area contributed by atoms with Crippen molar-refractivity contribution in [1.82, 2.24) is 13.5 Å². The third-order valence-corrected chi connectivity index (χ3v) is 6.95. The molecule has 0 N–H and O–H groups in total. The Bertz CT molecular complexity index is 693. The van der Waals surface area contributed by atoms with E-state index in [0.29, 0.717) is 26.2 Å². The van der Waals surface area contributed by atoms with Crippen LogP contribution in [-0.4, -0.2) is 72.7 Å². The number of nitro groups is 1. The molecule has 2 heterocycles. The number of nitro benzene ring substituents is 1. The Balaban J connectivity index is 1.47. The second-order valence-corrected chi connectivity index (χ2v) is 8.46. The Labute approximate surface area is 148 Å². The van der Waals surface area contributed by atoms with Gasteiger partial charge in [-0.2, -0.15) is 17.0 Å². The third-order valence-electron chi connectivity index (χ3n) is 4.91. The van der Waals surface area contributed by atoms with Crippen molar-refractivity contribution in [2.45, 2.75) is 19.3 Å². The van der Waals surface area contributed by atoms with Crippen molar-refractivity contribution in [2.24, 2.45) is 0 Å². The molecule has 2 aliphatic rings. The van der Waals surface area contributed by atoms with Crippen LogP contribution in [-0.2, 0) is 16.6 Å². The first-order chi connectivity index (χ1) is 12.0. The maximum Gasteiger partial charge on any atom is 0.282 e. The van der Waals surface area contributed by atoms with E-state index in [0.717, 1.165) is 44.5 Å². The molecule has 1 aromatic carbocycles. The maximum absolute atomic E-state index is 12.5. The second-order valence-electron chi connectivity index (χ2n) is 6.53. The van der Waals surface area contributed by atoms with Gasteiger partial charge in [0.15, 0.2) is 0 Å². The molecule has 0 spiro atoms. The summed E-state index contributed by atoms with van der Waals surface area (Å²) in [7, 11) is -3.29. The van der Waals surface area contributed by atoms with E-state index in [1.54, 1.807) is 20.7 Å². The molecule has 2 aliphatic heterocycles. The minimum Gasteiger partial charge on any atom is -0.300 e. The molecular weight excluding hydrogens is 344 g/mol. The highest BCUT2D eigenvalue weighted by Crippen LogP contribution is 2.18. The van der Waals surface area contributed by atoms with E-state index >= 15 is 0 Å². The first-order valence-corrected chi connectivity index (χ1v) is 10.1. The molecule has 0 saturated carbocycles. The van der Waals surface area contributed by atoms with Crippen molar-refractivity contribution >= 4 is 15.9 Å². The van der Waals surface area contributed by atoms with Crippen LogP contribution in [0.25, 0.3) is 0 Å². The largest absolute Gasteiger partial charge is 0.300 e. The van der Waals surface area contributed by atoms with Crippen LogP contribution < -0.4 is 0 Å². The van der Waals surface area contributed by atoms with Gasteiger partial charge in [-0.3, -0.25) is 10.1 Å². The Morgan fingerprint density at radius 3 is 2.04 bits per heavy atom. The predicted molar refractivity (Wildman–Crippen MR) is 94.5 cm³/mol. The summed E-state index contributed by atoms with van der Waals surface area (Å²) in [5.74, 6) is 0. The molecule has 9 heteroatoms. The molecule has 0 bridgehead atoms. The van der Waals surface area contributed by atoms with Gasteiger partial charge < -0.3 is 4.90 Å². The van der Waals surface area contributed by atoms with E-state index in [1.807, 2.05) is 0 Å². The van der Waals surface area contributed by atoms with Gasteiger partial charge in [-0.1, -0.05) is 12.1 Å². The molecule has 25 heavy (non-hydrogen) atoms. The molecule has 0 aliphatic carbocycles. The molecule has 0 unspecified atom stereocenters. The van der Waals surface area contributed by atoms with Crippen molar-refractivity contribution in [3.8, 4) is 0 Å². The zero-order chi connectivity index (χ0) is 17.9. The van der Waals surface area contributed by atoms with E-state index in [9.17, 15) is 18.5 Å². The standard InChI is InChI=1S/C16H24N4O4S/c21-20(22)16-5-3-15(4-6-16)7-10-17-11-13-19(14-12-17)25(23,24)18-8-1-2-9-18/h3-6H,1-2,7-14H2. The van der Waals surface area contributed by atoms with E-state index in [-0.39, 0.29) is 5.69 Å². The number of rotatable bonds is 6. The van der Waals surface area contributed by atoms with E-state index in [1.165, 1.54) is 12.1 Å². The van der Waals surface area contributed by atoms with Crippen molar-refractivity contribution in [3.63, 3.8) is 0 Å². The normalized spacial score (nSPS) is 20.8. The summed E-state index contributed by atoms with van der Waals surface area (Å²) < 4.78 is 28.3. The maximum atomic E-state index is 12.5. The van der Waals surface area contributed by atoms with Crippen LogP contribution in [0.2, 0.25) is 0 Å². The monoisotopic (exact) mass is 368 g/mol. The smallest absolute Gasteiger partial charge is 0.282 e. The van der Waals surface area contributed by atoms with Gasteiger partial charge in [0.05, 0.1) is 4.92 Å². The highest BCUT2D eigenvalue weighted by molar-refractivity contribution is 7.86. The average molecular weight is 368 g/mol. The number of benzene rings is 1. The SMILES string of the molecule is O=[N+]([O-])c1ccc(CCN2CCN(S(=O)(=O)N3CCCC3)CC2)cc1. The quantitative estimate of drug-likeness (QED) is 0.554. The van der Waals surface area contributed by atoms with Crippen LogP contribution in [0.5, 0.6) is 0 Å².